The summed E-state index contributed by atoms with van der Waals surface area (Å²) in [7, 11) is 0. The number of unbranched alkanes of at least 4 members (excludes halogenated alkanes) is 2. The number of aromatic nitrogens is 2. The molecule has 2 N–H and O–H groups in total. The van der Waals surface area contributed by atoms with Crippen LogP contribution in [-0.4, -0.2) is 22.4 Å². The second-order valence-electron chi connectivity index (χ2n) is 5.73. The van der Waals surface area contributed by atoms with Crippen LogP contribution in [0.1, 0.15) is 48.1 Å². The molecule has 6 heteroatoms. The fourth-order valence-electron chi connectivity index (χ4n) is 2.32. The lowest BCUT2D eigenvalue weighted by atomic mass is 10.2. The van der Waals surface area contributed by atoms with Gasteiger partial charge in [-0.1, -0.05) is 31.4 Å². The fourth-order valence-corrected chi connectivity index (χ4v) is 2.55. The van der Waals surface area contributed by atoms with Gasteiger partial charge in [0.15, 0.2) is 0 Å². The molecule has 128 valence electrons. The highest BCUT2D eigenvalue weighted by molar-refractivity contribution is 6.30. The zero-order valence-corrected chi connectivity index (χ0v) is 15.1. The summed E-state index contributed by atoms with van der Waals surface area (Å²) in [6.45, 7) is 6.67. The topological polar surface area (TPSA) is 66.9 Å². The highest BCUT2D eigenvalue weighted by Gasteiger charge is 2.12. The lowest BCUT2D eigenvalue weighted by Crippen LogP contribution is -2.16. The van der Waals surface area contributed by atoms with Crippen molar-refractivity contribution in [1.82, 2.24) is 9.97 Å². The number of carbonyl (C=O) groups is 1. The summed E-state index contributed by atoms with van der Waals surface area (Å²) in [6, 6.07) is 7.02. The van der Waals surface area contributed by atoms with Crippen molar-refractivity contribution in [3.63, 3.8) is 0 Å². The van der Waals surface area contributed by atoms with Crippen molar-refractivity contribution >= 4 is 29.0 Å². The van der Waals surface area contributed by atoms with Gasteiger partial charge < -0.3 is 10.6 Å². The smallest absolute Gasteiger partial charge is 0.274 e. The molecule has 24 heavy (non-hydrogen) atoms. The van der Waals surface area contributed by atoms with Crippen molar-refractivity contribution in [2.75, 3.05) is 17.2 Å². The van der Waals surface area contributed by atoms with Gasteiger partial charge >= 0.3 is 0 Å². The minimum atomic E-state index is -0.262. The third-order valence-electron chi connectivity index (χ3n) is 3.59. The van der Waals surface area contributed by atoms with E-state index in [2.05, 4.69) is 27.5 Å². The van der Waals surface area contributed by atoms with Crippen molar-refractivity contribution in [2.45, 2.75) is 40.0 Å². The molecule has 0 spiro atoms. The van der Waals surface area contributed by atoms with E-state index in [1.807, 2.05) is 13.0 Å². The van der Waals surface area contributed by atoms with E-state index in [0.29, 0.717) is 22.4 Å². The lowest BCUT2D eigenvalue weighted by molar-refractivity contribution is 0.102. The van der Waals surface area contributed by atoms with Crippen molar-refractivity contribution in [3.8, 4) is 0 Å². The van der Waals surface area contributed by atoms with E-state index in [9.17, 15) is 4.79 Å². The third-order valence-corrected chi connectivity index (χ3v) is 3.83. The van der Waals surface area contributed by atoms with E-state index in [-0.39, 0.29) is 5.91 Å². The molecule has 1 heterocycles. The third kappa shape index (κ3) is 5.20. The number of anilines is 2. The first kappa shape index (κ1) is 18.2. The largest absolute Gasteiger partial charge is 0.370 e. The van der Waals surface area contributed by atoms with E-state index >= 15 is 0 Å². The Morgan fingerprint density at radius 1 is 1.17 bits per heavy atom. The summed E-state index contributed by atoms with van der Waals surface area (Å²) < 4.78 is 0. The van der Waals surface area contributed by atoms with Crippen LogP contribution < -0.4 is 10.6 Å². The lowest BCUT2D eigenvalue weighted by Gasteiger charge is -2.10. The Labute approximate surface area is 147 Å². The van der Waals surface area contributed by atoms with Crippen LogP contribution >= 0.6 is 11.6 Å². The quantitative estimate of drug-likeness (QED) is 0.719. The van der Waals surface area contributed by atoms with E-state index < -0.39 is 0 Å². The molecule has 2 rings (SSSR count). The molecular formula is C18H23ClN4O. The van der Waals surface area contributed by atoms with Crippen molar-refractivity contribution < 1.29 is 4.79 Å². The molecule has 0 fully saturated rings. The summed E-state index contributed by atoms with van der Waals surface area (Å²) in [4.78, 5) is 21.0. The van der Waals surface area contributed by atoms with Gasteiger partial charge in [-0.25, -0.2) is 9.97 Å². The molecule has 1 aromatic carbocycles. The molecule has 0 bridgehead atoms. The fraction of sp³-hybridized carbons (Fsp3) is 0.389. The number of halogens is 1. The number of nitrogens with one attached hydrogen (secondary N) is 2. The van der Waals surface area contributed by atoms with Crippen LogP contribution in [0.2, 0.25) is 5.02 Å². The number of aryl methyl sites for hydroxylation is 2. The molecule has 0 saturated carbocycles. The van der Waals surface area contributed by atoms with Gasteiger partial charge in [-0.2, -0.15) is 0 Å². The van der Waals surface area contributed by atoms with Gasteiger partial charge in [-0.3, -0.25) is 4.79 Å². The Morgan fingerprint density at radius 2 is 1.96 bits per heavy atom. The van der Waals surface area contributed by atoms with Gasteiger partial charge in [0.2, 0.25) is 0 Å². The van der Waals surface area contributed by atoms with Crippen LogP contribution in [0.5, 0.6) is 0 Å². The minimum Gasteiger partial charge on any atom is -0.370 e. The van der Waals surface area contributed by atoms with Gasteiger partial charge in [-0.15, -0.1) is 0 Å². The Morgan fingerprint density at radius 3 is 2.67 bits per heavy atom. The Hall–Kier alpha value is -2.14. The zero-order chi connectivity index (χ0) is 17.5. The van der Waals surface area contributed by atoms with Crippen LogP contribution in [0.4, 0.5) is 11.5 Å². The SMILES string of the molecule is CCCCCNc1cc(C(=O)Nc2ccc(Cl)cc2C)nc(C)n1. The first-order valence-electron chi connectivity index (χ1n) is 8.16. The van der Waals surface area contributed by atoms with Crippen molar-refractivity contribution in [3.05, 3.63) is 46.4 Å². The molecule has 0 aliphatic carbocycles. The van der Waals surface area contributed by atoms with E-state index in [1.165, 1.54) is 12.8 Å². The molecule has 0 aliphatic heterocycles. The molecule has 5 nitrogen and oxygen atoms in total. The molecular weight excluding hydrogens is 324 g/mol. The number of hydrogen-bond acceptors (Lipinski definition) is 4. The molecule has 1 aromatic heterocycles. The van der Waals surface area contributed by atoms with Gasteiger partial charge in [0.05, 0.1) is 0 Å². The Balaban J connectivity index is 2.09. The van der Waals surface area contributed by atoms with E-state index in [1.54, 1.807) is 25.1 Å². The van der Waals surface area contributed by atoms with Crippen LogP contribution in [0.3, 0.4) is 0 Å². The minimum absolute atomic E-state index is 0.262. The molecule has 2 aromatic rings. The standard InChI is InChI=1S/C18H23ClN4O/c1-4-5-6-9-20-17-11-16(21-13(3)22-17)18(24)23-15-8-7-14(19)10-12(15)2/h7-8,10-11H,4-6,9H2,1-3H3,(H,23,24)(H,20,21,22). The van der Waals surface area contributed by atoms with Gasteiger partial charge in [-0.05, 0) is 44.0 Å². The number of nitrogens with zero attached hydrogens (tertiary/aromatic N) is 2. The number of benzene rings is 1. The monoisotopic (exact) mass is 346 g/mol. The number of rotatable bonds is 7. The second-order valence-corrected chi connectivity index (χ2v) is 6.17. The van der Waals surface area contributed by atoms with Gasteiger partial charge in [0.1, 0.15) is 17.3 Å². The van der Waals surface area contributed by atoms with Gasteiger partial charge in [0.25, 0.3) is 5.91 Å². The maximum absolute atomic E-state index is 12.5. The van der Waals surface area contributed by atoms with Gasteiger partial charge in [0, 0.05) is 23.3 Å². The van der Waals surface area contributed by atoms with E-state index in [4.69, 9.17) is 11.6 Å². The molecule has 0 aliphatic rings. The molecule has 0 saturated heterocycles. The number of hydrogen-bond donors (Lipinski definition) is 2. The summed E-state index contributed by atoms with van der Waals surface area (Å²) in [5, 5.41) is 6.76. The van der Waals surface area contributed by atoms with Crippen LogP contribution in [0.25, 0.3) is 0 Å². The first-order chi connectivity index (χ1) is 11.5. The van der Waals surface area contributed by atoms with Crippen molar-refractivity contribution in [2.24, 2.45) is 0 Å². The predicted octanol–water partition coefficient (Wildman–Crippen LogP) is 4.60. The molecule has 0 atom stereocenters. The highest BCUT2D eigenvalue weighted by atomic mass is 35.5. The van der Waals surface area contributed by atoms with Crippen LogP contribution in [-0.2, 0) is 0 Å². The summed E-state index contributed by atoms with van der Waals surface area (Å²) >= 11 is 5.94. The predicted molar refractivity (Wildman–Crippen MR) is 98.9 cm³/mol. The average Bonchev–Trinajstić information content (AvgIpc) is 2.53. The van der Waals surface area contributed by atoms with Crippen molar-refractivity contribution in [1.29, 1.82) is 0 Å². The number of amides is 1. The molecule has 0 unspecified atom stereocenters. The summed E-state index contributed by atoms with van der Waals surface area (Å²) in [5.41, 5.74) is 1.97. The summed E-state index contributed by atoms with van der Waals surface area (Å²) in [5.74, 6) is 0.979. The average molecular weight is 347 g/mol. The molecule has 0 radical (unpaired) electrons. The summed E-state index contributed by atoms with van der Waals surface area (Å²) in [6.07, 6.45) is 3.41. The van der Waals surface area contributed by atoms with Crippen LogP contribution in [0.15, 0.2) is 24.3 Å². The van der Waals surface area contributed by atoms with E-state index in [0.717, 1.165) is 24.2 Å². The Kier molecular flexibility index (Phi) is 6.55. The Bertz CT molecular complexity index is 718. The first-order valence-corrected chi connectivity index (χ1v) is 8.54. The second kappa shape index (κ2) is 8.64. The normalized spacial score (nSPS) is 10.5. The molecule has 1 amide bonds. The highest BCUT2D eigenvalue weighted by Crippen LogP contribution is 2.20. The zero-order valence-electron chi connectivity index (χ0n) is 14.3. The number of carbonyl (C=O) groups excluding carboxylic acids is 1. The van der Waals surface area contributed by atoms with Crippen LogP contribution in [0, 0.1) is 13.8 Å². The maximum atomic E-state index is 12.5. The maximum Gasteiger partial charge on any atom is 0.274 e.